The highest BCUT2D eigenvalue weighted by atomic mass is 16.4. The molecule has 0 saturated carbocycles. The molecule has 1 unspecified atom stereocenters. The van der Waals surface area contributed by atoms with E-state index < -0.39 is 5.97 Å². The lowest BCUT2D eigenvalue weighted by Gasteiger charge is -2.19. The fourth-order valence-electron chi connectivity index (χ4n) is 1.03. The van der Waals surface area contributed by atoms with Gasteiger partial charge < -0.3 is 15.7 Å². The van der Waals surface area contributed by atoms with Gasteiger partial charge in [0.2, 0.25) is 5.91 Å². The predicted octanol–water partition coefficient (Wildman–Crippen LogP) is -0.486. The van der Waals surface area contributed by atoms with Crippen LogP contribution in [0.1, 0.15) is 13.3 Å². The van der Waals surface area contributed by atoms with Gasteiger partial charge >= 0.3 is 5.97 Å². The predicted molar refractivity (Wildman–Crippen MR) is 48.1 cm³/mol. The average molecular weight is 188 g/mol. The lowest BCUT2D eigenvalue weighted by molar-refractivity contribution is -0.145. The number of amides is 1. The number of nitrogens with zero attached hydrogens (tertiary/aromatic N) is 1. The average Bonchev–Trinajstić information content (AvgIpc) is 2.05. The highest BCUT2D eigenvalue weighted by Gasteiger charge is 2.19. The molecule has 1 atom stereocenters. The molecule has 5 nitrogen and oxygen atoms in total. The van der Waals surface area contributed by atoms with Gasteiger partial charge in [0.15, 0.2) is 0 Å². The van der Waals surface area contributed by atoms with Gasteiger partial charge in [-0.3, -0.25) is 9.59 Å². The zero-order valence-corrected chi connectivity index (χ0v) is 7.99. The molecular formula is C8H16N2O3. The van der Waals surface area contributed by atoms with Crippen molar-refractivity contribution >= 4 is 11.9 Å². The second-order valence-corrected chi connectivity index (χ2v) is 2.93. The first-order chi connectivity index (χ1) is 6.02. The number of rotatable bonds is 5. The molecule has 0 spiro atoms. The van der Waals surface area contributed by atoms with Crippen molar-refractivity contribution in [1.82, 2.24) is 4.90 Å². The third-order valence-corrected chi connectivity index (χ3v) is 1.88. The summed E-state index contributed by atoms with van der Waals surface area (Å²) in [4.78, 5) is 22.9. The molecule has 0 aliphatic heterocycles. The Kier molecular flexibility index (Phi) is 5.06. The fourth-order valence-corrected chi connectivity index (χ4v) is 1.03. The standard InChI is InChI=1S/C8H16N2O3/c1-3-6(4-9)8(13)10(2)5-7(11)12/h6H,3-5,9H2,1-2H3,(H,11,12). The van der Waals surface area contributed by atoms with Crippen LogP contribution in [0.25, 0.3) is 0 Å². The van der Waals surface area contributed by atoms with Gasteiger partial charge in [-0.25, -0.2) is 0 Å². The number of nitrogens with two attached hydrogens (primary N) is 1. The molecule has 0 aliphatic carbocycles. The Bertz CT molecular complexity index is 190. The Morgan fingerprint density at radius 3 is 2.38 bits per heavy atom. The zero-order chi connectivity index (χ0) is 10.4. The number of carbonyl (C=O) groups excluding carboxylic acids is 1. The molecular weight excluding hydrogens is 172 g/mol. The number of aliphatic carboxylic acids is 1. The summed E-state index contributed by atoms with van der Waals surface area (Å²) in [5.74, 6) is -1.47. The van der Waals surface area contributed by atoms with Crippen LogP contribution < -0.4 is 5.73 Å². The summed E-state index contributed by atoms with van der Waals surface area (Å²) in [7, 11) is 1.47. The lowest BCUT2D eigenvalue weighted by atomic mass is 10.1. The molecule has 0 heterocycles. The quantitative estimate of drug-likeness (QED) is 0.610. The van der Waals surface area contributed by atoms with Crippen LogP contribution in [0.4, 0.5) is 0 Å². The minimum Gasteiger partial charge on any atom is -0.480 e. The van der Waals surface area contributed by atoms with Crippen molar-refractivity contribution in [1.29, 1.82) is 0 Å². The summed E-state index contributed by atoms with van der Waals surface area (Å²) in [6.07, 6.45) is 0.638. The third-order valence-electron chi connectivity index (χ3n) is 1.88. The molecule has 5 heteroatoms. The summed E-state index contributed by atoms with van der Waals surface area (Å²) in [5, 5.41) is 8.43. The molecule has 0 radical (unpaired) electrons. The normalized spacial score (nSPS) is 12.2. The molecule has 0 aromatic rings. The van der Waals surface area contributed by atoms with Gasteiger partial charge in [-0.05, 0) is 6.42 Å². The molecule has 76 valence electrons. The smallest absolute Gasteiger partial charge is 0.323 e. The number of carboxylic acids is 1. The number of carbonyl (C=O) groups is 2. The van der Waals surface area contributed by atoms with E-state index in [2.05, 4.69) is 0 Å². The summed E-state index contributed by atoms with van der Waals surface area (Å²) in [6.45, 7) is 1.85. The van der Waals surface area contributed by atoms with Gasteiger partial charge in [0.1, 0.15) is 6.54 Å². The van der Waals surface area contributed by atoms with E-state index in [1.807, 2.05) is 6.92 Å². The largest absolute Gasteiger partial charge is 0.480 e. The van der Waals surface area contributed by atoms with E-state index in [1.54, 1.807) is 0 Å². The van der Waals surface area contributed by atoms with Crippen LogP contribution in [0.15, 0.2) is 0 Å². The Hall–Kier alpha value is -1.10. The third kappa shape index (κ3) is 3.89. The lowest BCUT2D eigenvalue weighted by Crippen LogP contribution is -2.39. The minimum atomic E-state index is -1.01. The first kappa shape index (κ1) is 11.9. The Balaban J connectivity index is 4.14. The summed E-state index contributed by atoms with van der Waals surface area (Å²) >= 11 is 0. The van der Waals surface area contributed by atoms with Gasteiger partial charge in [0.05, 0.1) is 5.92 Å². The Morgan fingerprint density at radius 1 is 1.54 bits per heavy atom. The molecule has 0 saturated heterocycles. The number of carboxylic acid groups (broad SMARTS) is 1. The van der Waals surface area contributed by atoms with Crippen molar-refractivity contribution < 1.29 is 14.7 Å². The zero-order valence-electron chi connectivity index (χ0n) is 7.99. The summed E-state index contributed by atoms with van der Waals surface area (Å²) < 4.78 is 0. The van der Waals surface area contributed by atoms with Crippen molar-refractivity contribution in [3.63, 3.8) is 0 Å². The second kappa shape index (κ2) is 5.53. The van der Waals surface area contributed by atoms with Crippen LogP contribution >= 0.6 is 0 Å². The van der Waals surface area contributed by atoms with Gasteiger partial charge in [-0.2, -0.15) is 0 Å². The van der Waals surface area contributed by atoms with Crippen LogP contribution in [-0.4, -0.2) is 42.0 Å². The highest BCUT2D eigenvalue weighted by Crippen LogP contribution is 2.04. The van der Waals surface area contributed by atoms with Crippen LogP contribution in [-0.2, 0) is 9.59 Å². The molecule has 0 rings (SSSR count). The van der Waals surface area contributed by atoms with Crippen molar-refractivity contribution in [2.24, 2.45) is 11.7 Å². The van der Waals surface area contributed by atoms with Crippen molar-refractivity contribution in [2.75, 3.05) is 20.1 Å². The Labute approximate surface area is 77.5 Å². The maximum Gasteiger partial charge on any atom is 0.323 e. The van der Waals surface area contributed by atoms with E-state index in [4.69, 9.17) is 10.8 Å². The molecule has 0 aliphatic rings. The van der Waals surface area contributed by atoms with Crippen LogP contribution in [0.5, 0.6) is 0 Å². The van der Waals surface area contributed by atoms with Crippen molar-refractivity contribution in [3.05, 3.63) is 0 Å². The number of hydrogen-bond donors (Lipinski definition) is 2. The SMILES string of the molecule is CCC(CN)C(=O)N(C)CC(=O)O. The van der Waals surface area contributed by atoms with E-state index in [0.29, 0.717) is 6.42 Å². The van der Waals surface area contributed by atoms with E-state index in [0.717, 1.165) is 0 Å². The van der Waals surface area contributed by atoms with Crippen LogP contribution in [0.2, 0.25) is 0 Å². The van der Waals surface area contributed by atoms with Gasteiger partial charge in [-0.1, -0.05) is 6.92 Å². The molecule has 0 aromatic carbocycles. The molecule has 3 N–H and O–H groups in total. The molecule has 0 fully saturated rings. The maximum atomic E-state index is 11.4. The first-order valence-electron chi connectivity index (χ1n) is 4.19. The van der Waals surface area contributed by atoms with Crippen LogP contribution in [0.3, 0.4) is 0 Å². The van der Waals surface area contributed by atoms with Crippen LogP contribution in [0, 0.1) is 5.92 Å². The molecule has 13 heavy (non-hydrogen) atoms. The van der Waals surface area contributed by atoms with Crippen molar-refractivity contribution in [3.8, 4) is 0 Å². The van der Waals surface area contributed by atoms with Gasteiger partial charge in [-0.15, -0.1) is 0 Å². The molecule has 0 bridgehead atoms. The summed E-state index contributed by atoms with van der Waals surface area (Å²) in [5.41, 5.74) is 5.36. The van der Waals surface area contributed by atoms with E-state index in [9.17, 15) is 9.59 Å². The fraction of sp³-hybridized carbons (Fsp3) is 0.750. The summed E-state index contributed by atoms with van der Waals surface area (Å²) in [6, 6.07) is 0. The van der Waals surface area contributed by atoms with Crippen molar-refractivity contribution in [2.45, 2.75) is 13.3 Å². The first-order valence-corrected chi connectivity index (χ1v) is 4.19. The topological polar surface area (TPSA) is 83.6 Å². The number of likely N-dealkylation sites (N-methyl/N-ethyl adjacent to an activating group) is 1. The maximum absolute atomic E-state index is 11.4. The molecule has 1 amide bonds. The minimum absolute atomic E-state index is 0.201. The number of hydrogen-bond acceptors (Lipinski definition) is 3. The molecule has 0 aromatic heterocycles. The van der Waals surface area contributed by atoms with Gasteiger partial charge in [0, 0.05) is 13.6 Å². The monoisotopic (exact) mass is 188 g/mol. The second-order valence-electron chi connectivity index (χ2n) is 2.93. The van der Waals surface area contributed by atoms with E-state index in [1.165, 1.54) is 11.9 Å². The van der Waals surface area contributed by atoms with E-state index >= 15 is 0 Å². The van der Waals surface area contributed by atoms with Gasteiger partial charge in [0.25, 0.3) is 0 Å². The Morgan fingerprint density at radius 2 is 2.08 bits per heavy atom. The highest BCUT2D eigenvalue weighted by molar-refractivity contribution is 5.82. The van der Waals surface area contributed by atoms with E-state index in [-0.39, 0.29) is 24.9 Å².